The molecule has 0 unspecified atom stereocenters. The summed E-state index contributed by atoms with van der Waals surface area (Å²) in [6.07, 6.45) is 0. The molecule has 1 heterocycles. The van der Waals surface area contributed by atoms with E-state index in [-0.39, 0.29) is 17.4 Å². The molecular formula is C14H17N5O2. The van der Waals surface area contributed by atoms with Gasteiger partial charge in [-0.05, 0) is 37.3 Å². The van der Waals surface area contributed by atoms with Gasteiger partial charge in [0.2, 0.25) is 0 Å². The largest absolute Gasteiger partial charge is 0.508 e. The van der Waals surface area contributed by atoms with Crippen molar-refractivity contribution in [3.8, 4) is 5.75 Å². The third-order valence-electron chi connectivity index (χ3n) is 2.80. The van der Waals surface area contributed by atoms with Gasteiger partial charge in [0, 0.05) is 24.3 Å². The first kappa shape index (κ1) is 14.6. The molecule has 0 bridgehead atoms. The maximum atomic E-state index is 11.5. The van der Waals surface area contributed by atoms with Gasteiger partial charge >= 0.3 is 0 Å². The SMILES string of the molecule is CCNC(=O)c1ccc(NCc2cc(N)ccc2O)nn1. The molecule has 0 saturated heterocycles. The van der Waals surface area contributed by atoms with Crippen molar-refractivity contribution in [3.05, 3.63) is 41.6 Å². The Hall–Kier alpha value is -2.83. The molecular weight excluding hydrogens is 270 g/mol. The Morgan fingerprint density at radius 1 is 1.29 bits per heavy atom. The zero-order valence-corrected chi connectivity index (χ0v) is 11.6. The van der Waals surface area contributed by atoms with Crippen molar-refractivity contribution in [3.63, 3.8) is 0 Å². The third-order valence-corrected chi connectivity index (χ3v) is 2.80. The Labute approximate surface area is 122 Å². The van der Waals surface area contributed by atoms with Crippen molar-refractivity contribution in [1.29, 1.82) is 0 Å². The summed E-state index contributed by atoms with van der Waals surface area (Å²) in [5, 5.41) is 23.1. The summed E-state index contributed by atoms with van der Waals surface area (Å²) in [7, 11) is 0. The first-order valence-electron chi connectivity index (χ1n) is 6.53. The van der Waals surface area contributed by atoms with Crippen LogP contribution in [-0.2, 0) is 6.54 Å². The second kappa shape index (κ2) is 6.56. The van der Waals surface area contributed by atoms with Crippen LogP contribution in [0.25, 0.3) is 0 Å². The molecule has 2 rings (SSSR count). The van der Waals surface area contributed by atoms with E-state index >= 15 is 0 Å². The van der Waals surface area contributed by atoms with E-state index < -0.39 is 0 Å². The molecule has 7 heteroatoms. The smallest absolute Gasteiger partial charge is 0.271 e. The number of rotatable bonds is 5. The number of aromatic hydroxyl groups is 1. The quantitative estimate of drug-likeness (QED) is 0.484. The van der Waals surface area contributed by atoms with E-state index in [0.717, 1.165) is 0 Å². The molecule has 2 aromatic rings. The van der Waals surface area contributed by atoms with E-state index in [2.05, 4.69) is 20.8 Å². The number of amides is 1. The van der Waals surface area contributed by atoms with Gasteiger partial charge in [0.15, 0.2) is 5.69 Å². The van der Waals surface area contributed by atoms with Crippen molar-refractivity contribution in [2.45, 2.75) is 13.5 Å². The Morgan fingerprint density at radius 2 is 2.10 bits per heavy atom. The molecule has 110 valence electrons. The summed E-state index contributed by atoms with van der Waals surface area (Å²) in [5.41, 5.74) is 7.15. The summed E-state index contributed by atoms with van der Waals surface area (Å²) in [6.45, 7) is 2.72. The Bertz CT molecular complexity index is 628. The van der Waals surface area contributed by atoms with Crippen LogP contribution < -0.4 is 16.4 Å². The average molecular weight is 287 g/mol. The van der Waals surface area contributed by atoms with Crippen LogP contribution in [0.5, 0.6) is 5.75 Å². The fourth-order valence-corrected chi connectivity index (χ4v) is 1.73. The monoisotopic (exact) mass is 287 g/mol. The van der Waals surface area contributed by atoms with Gasteiger partial charge in [-0.2, -0.15) is 0 Å². The topological polar surface area (TPSA) is 113 Å². The van der Waals surface area contributed by atoms with E-state index in [1.54, 1.807) is 24.3 Å². The Morgan fingerprint density at radius 3 is 2.76 bits per heavy atom. The third kappa shape index (κ3) is 3.82. The van der Waals surface area contributed by atoms with Gasteiger partial charge in [0.1, 0.15) is 11.6 Å². The van der Waals surface area contributed by atoms with Crippen LogP contribution in [0.2, 0.25) is 0 Å². The van der Waals surface area contributed by atoms with Crippen LogP contribution in [0, 0.1) is 0 Å². The molecule has 0 saturated carbocycles. The highest BCUT2D eigenvalue weighted by Crippen LogP contribution is 2.20. The molecule has 5 N–H and O–H groups in total. The molecule has 7 nitrogen and oxygen atoms in total. The van der Waals surface area contributed by atoms with Crippen LogP contribution in [0.1, 0.15) is 23.0 Å². The minimum absolute atomic E-state index is 0.156. The number of nitrogens with two attached hydrogens (primary N) is 1. The van der Waals surface area contributed by atoms with Gasteiger partial charge in [0.25, 0.3) is 5.91 Å². The predicted octanol–water partition coefficient (Wildman–Crippen LogP) is 1.13. The molecule has 1 amide bonds. The number of benzene rings is 1. The normalized spacial score (nSPS) is 10.1. The molecule has 0 fully saturated rings. The molecule has 1 aromatic heterocycles. The number of aromatic nitrogens is 2. The first-order chi connectivity index (χ1) is 10.1. The molecule has 0 aliphatic rings. The predicted molar refractivity (Wildman–Crippen MR) is 79.9 cm³/mol. The van der Waals surface area contributed by atoms with Crippen LogP contribution in [-0.4, -0.2) is 27.8 Å². The summed E-state index contributed by atoms with van der Waals surface area (Å²) < 4.78 is 0. The van der Waals surface area contributed by atoms with Gasteiger partial charge < -0.3 is 21.5 Å². The summed E-state index contributed by atoms with van der Waals surface area (Å²) in [5.74, 6) is 0.401. The zero-order chi connectivity index (χ0) is 15.2. The molecule has 0 aliphatic heterocycles. The van der Waals surface area contributed by atoms with Gasteiger partial charge in [-0.1, -0.05) is 0 Å². The fourth-order valence-electron chi connectivity index (χ4n) is 1.73. The van der Waals surface area contributed by atoms with Crippen LogP contribution in [0.3, 0.4) is 0 Å². The number of phenols is 1. The number of carbonyl (C=O) groups excluding carboxylic acids is 1. The number of hydrogen-bond acceptors (Lipinski definition) is 6. The van der Waals surface area contributed by atoms with E-state index in [1.165, 1.54) is 6.07 Å². The molecule has 0 aliphatic carbocycles. The highest BCUT2D eigenvalue weighted by atomic mass is 16.3. The Kier molecular flexibility index (Phi) is 4.55. The number of nitrogens with one attached hydrogen (secondary N) is 2. The molecule has 0 atom stereocenters. The standard InChI is InChI=1S/C14H17N5O2/c1-2-16-14(21)11-4-6-13(19-18-11)17-8-9-7-10(15)3-5-12(9)20/h3-7,20H,2,8,15H2,1H3,(H,16,21)(H,17,19). The zero-order valence-electron chi connectivity index (χ0n) is 11.6. The van der Waals surface area contributed by atoms with Crippen LogP contribution in [0.4, 0.5) is 11.5 Å². The fraction of sp³-hybridized carbons (Fsp3) is 0.214. The maximum Gasteiger partial charge on any atom is 0.271 e. The highest BCUT2D eigenvalue weighted by molar-refractivity contribution is 5.92. The van der Waals surface area contributed by atoms with Gasteiger partial charge in [0.05, 0.1) is 0 Å². The number of nitrogens with zero attached hydrogens (tertiary/aromatic N) is 2. The van der Waals surface area contributed by atoms with E-state index in [9.17, 15) is 9.90 Å². The average Bonchev–Trinajstić information content (AvgIpc) is 2.49. The minimum Gasteiger partial charge on any atom is -0.508 e. The van der Waals surface area contributed by atoms with Crippen molar-refractivity contribution < 1.29 is 9.90 Å². The molecule has 0 spiro atoms. The lowest BCUT2D eigenvalue weighted by Crippen LogP contribution is -2.24. The lowest BCUT2D eigenvalue weighted by atomic mass is 10.2. The highest BCUT2D eigenvalue weighted by Gasteiger charge is 2.07. The number of phenolic OH excluding ortho intramolecular Hbond substituents is 1. The van der Waals surface area contributed by atoms with Crippen molar-refractivity contribution >= 4 is 17.4 Å². The van der Waals surface area contributed by atoms with Crippen molar-refractivity contribution in [2.75, 3.05) is 17.6 Å². The van der Waals surface area contributed by atoms with Crippen LogP contribution in [0.15, 0.2) is 30.3 Å². The second-order valence-electron chi connectivity index (χ2n) is 4.40. The van der Waals surface area contributed by atoms with E-state index in [0.29, 0.717) is 30.2 Å². The lowest BCUT2D eigenvalue weighted by Gasteiger charge is -2.08. The van der Waals surface area contributed by atoms with E-state index in [4.69, 9.17) is 5.73 Å². The number of carbonyl (C=O) groups is 1. The summed E-state index contributed by atoms with van der Waals surface area (Å²) >= 11 is 0. The summed E-state index contributed by atoms with van der Waals surface area (Å²) in [4.78, 5) is 11.5. The van der Waals surface area contributed by atoms with Gasteiger partial charge in [-0.15, -0.1) is 10.2 Å². The Balaban J connectivity index is 2.00. The number of nitrogen functional groups attached to an aromatic ring is 1. The van der Waals surface area contributed by atoms with Crippen LogP contribution >= 0.6 is 0 Å². The van der Waals surface area contributed by atoms with Gasteiger partial charge in [-0.25, -0.2) is 0 Å². The maximum absolute atomic E-state index is 11.5. The minimum atomic E-state index is -0.259. The number of anilines is 2. The lowest BCUT2D eigenvalue weighted by molar-refractivity contribution is 0.0950. The molecule has 0 radical (unpaired) electrons. The van der Waals surface area contributed by atoms with Crippen molar-refractivity contribution in [2.24, 2.45) is 0 Å². The second-order valence-corrected chi connectivity index (χ2v) is 4.40. The molecule has 21 heavy (non-hydrogen) atoms. The van der Waals surface area contributed by atoms with Gasteiger partial charge in [-0.3, -0.25) is 4.79 Å². The number of hydrogen-bond donors (Lipinski definition) is 4. The summed E-state index contributed by atoms with van der Waals surface area (Å²) in [6, 6.07) is 8.08. The van der Waals surface area contributed by atoms with E-state index in [1.807, 2.05) is 6.92 Å². The molecule has 1 aromatic carbocycles. The van der Waals surface area contributed by atoms with Crippen molar-refractivity contribution in [1.82, 2.24) is 15.5 Å². The first-order valence-corrected chi connectivity index (χ1v) is 6.53.